The molecule has 0 saturated carbocycles. The van der Waals surface area contributed by atoms with Gasteiger partial charge in [-0.1, -0.05) is 0 Å². The molecule has 0 bridgehead atoms. The molecule has 0 aromatic heterocycles. The summed E-state index contributed by atoms with van der Waals surface area (Å²) in [7, 11) is -2.35. The second kappa shape index (κ2) is 7.02. The van der Waals surface area contributed by atoms with Crippen molar-refractivity contribution in [1.82, 2.24) is 0 Å². The molecule has 0 aromatic rings. The first kappa shape index (κ1) is 10.9. The van der Waals surface area contributed by atoms with E-state index in [9.17, 15) is 4.57 Å². The maximum absolute atomic E-state index is 9.53. The Morgan fingerprint density at radius 1 is 2.00 bits per heavy atom. The molecule has 0 radical (unpaired) electrons. The van der Waals surface area contributed by atoms with E-state index in [1.807, 2.05) is 0 Å². The normalized spacial score (nSPS) is 9.71. The molecule has 0 aliphatic heterocycles. The monoisotopic (exact) mass is 133 g/mol. The Morgan fingerprint density at radius 2 is 2.43 bits per heavy atom. The smallest absolute Gasteiger partial charge is 1.00 e. The van der Waals surface area contributed by atoms with E-state index in [4.69, 9.17) is 4.89 Å². The summed E-state index contributed by atoms with van der Waals surface area (Å²) in [5.74, 6) is 0. The van der Waals surface area contributed by atoms with Gasteiger partial charge in [-0.05, 0) is 6.92 Å². The molecule has 5 heteroatoms. The van der Waals surface area contributed by atoms with Crippen LogP contribution in [0.25, 0.3) is 0 Å². The van der Waals surface area contributed by atoms with Crippen LogP contribution in [0.2, 0.25) is 0 Å². The van der Waals surface area contributed by atoms with E-state index in [1.54, 1.807) is 6.92 Å². The molecule has 0 fully saturated rings. The molecule has 0 heterocycles. The van der Waals surface area contributed by atoms with Gasteiger partial charge in [0.15, 0.2) is 0 Å². The van der Waals surface area contributed by atoms with Crippen molar-refractivity contribution in [1.29, 1.82) is 0 Å². The van der Waals surface area contributed by atoms with Crippen molar-refractivity contribution in [3.63, 3.8) is 0 Å². The minimum Gasteiger partial charge on any atom is -1.00 e. The van der Waals surface area contributed by atoms with E-state index in [0.29, 0.717) is 6.61 Å². The molecule has 0 aliphatic rings. The van der Waals surface area contributed by atoms with Gasteiger partial charge in [-0.15, -0.1) is 9.42 Å². The molecule has 1 atom stereocenters. The van der Waals surface area contributed by atoms with Crippen molar-refractivity contribution in [2.75, 3.05) is 6.61 Å². The predicted molar refractivity (Wildman–Crippen MR) is 22.6 cm³/mol. The van der Waals surface area contributed by atoms with E-state index in [2.05, 4.69) is 4.52 Å². The minimum absolute atomic E-state index is 0. The molecule has 0 aromatic carbocycles. The standard InChI is InChI=1S/C2H5O3P.Na.H/c1-2-5-6(3)4;;/h2H2,1H3;;/q;+1;-1/p+1. The Balaban J connectivity index is -0.000000125. The largest absolute Gasteiger partial charge is 1.00 e. The Bertz CT molecular complexity index is 61.2. The predicted octanol–water partition coefficient (Wildman–Crippen LogP) is -2.21. The average molecular weight is 133 g/mol. The summed E-state index contributed by atoms with van der Waals surface area (Å²) in [6.45, 7) is 1.95. The molecular weight excluding hydrogens is 126 g/mol. The van der Waals surface area contributed by atoms with Crippen LogP contribution in [0.4, 0.5) is 0 Å². The summed E-state index contributed by atoms with van der Waals surface area (Å²) in [4.78, 5) is 7.84. The van der Waals surface area contributed by atoms with Crippen LogP contribution in [0.1, 0.15) is 8.35 Å². The zero-order valence-electron chi connectivity index (χ0n) is 5.42. The van der Waals surface area contributed by atoms with Gasteiger partial charge >= 0.3 is 37.8 Å². The van der Waals surface area contributed by atoms with Crippen LogP contribution in [0.3, 0.4) is 0 Å². The van der Waals surface area contributed by atoms with E-state index in [1.165, 1.54) is 0 Å². The van der Waals surface area contributed by atoms with Gasteiger partial charge in [0.2, 0.25) is 0 Å². The summed E-state index contributed by atoms with van der Waals surface area (Å²) in [6, 6.07) is 0. The van der Waals surface area contributed by atoms with Crippen molar-refractivity contribution >= 4 is 8.25 Å². The molecule has 3 nitrogen and oxygen atoms in total. The van der Waals surface area contributed by atoms with Gasteiger partial charge < -0.3 is 1.43 Å². The summed E-state index contributed by atoms with van der Waals surface area (Å²) >= 11 is 0. The van der Waals surface area contributed by atoms with Gasteiger partial charge in [-0.2, -0.15) is 0 Å². The number of rotatable bonds is 2. The van der Waals surface area contributed by atoms with Crippen molar-refractivity contribution < 1.29 is 45.0 Å². The van der Waals surface area contributed by atoms with Crippen molar-refractivity contribution in [2.24, 2.45) is 0 Å². The second-order valence-corrected chi connectivity index (χ2v) is 1.39. The van der Waals surface area contributed by atoms with Crippen molar-refractivity contribution in [3.05, 3.63) is 0 Å². The van der Waals surface area contributed by atoms with Crippen LogP contribution in [-0.4, -0.2) is 11.5 Å². The van der Waals surface area contributed by atoms with E-state index >= 15 is 0 Å². The van der Waals surface area contributed by atoms with Gasteiger partial charge in [0.25, 0.3) is 0 Å². The average Bonchev–Trinajstić information content (AvgIpc) is 1.35. The first-order chi connectivity index (χ1) is 2.77. The van der Waals surface area contributed by atoms with Gasteiger partial charge in [-0.25, -0.2) is 0 Å². The van der Waals surface area contributed by atoms with E-state index in [0.717, 1.165) is 0 Å². The minimum atomic E-state index is -2.35. The zero-order chi connectivity index (χ0) is 4.99. The Kier molecular flexibility index (Phi) is 10.9. The van der Waals surface area contributed by atoms with E-state index in [-0.39, 0.29) is 31.0 Å². The Hall–Kier alpha value is 1.02. The Morgan fingerprint density at radius 3 is 2.43 bits per heavy atom. The van der Waals surface area contributed by atoms with Gasteiger partial charge in [0, 0.05) is 4.57 Å². The molecule has 0 saturated heterocycles. The molecule has 1 N–H and O–H groups in total. The van der Waals surface area contributed by atoms with Gasteiger partial charge in [0.1, 0.15) is 6.61 Å². The number of hydrogen-bond donors (Lipinski definition) is 1. The maximum atomic E-state index is 9.53. The van der Waals surface area contributed by atoms with Crippen LogP contribution in [0.15, 0.2) is 0 Å². The van der Waals surface area contributed by atoms with Crippen LogP contribution in [0, 0.1) is 0 Å². The van der Waals surface area contributed by atoms with Gasteiger partial charge in [0.05, 0.1) is 0 Å². The Labute approximate surface area is 66.8 Å². The molecule has 0 spiro atoms. The maximum Gasteiger partial charge on any atom is 1.00 e. The summed E-state index contributed by atoms with van der Waals surface area (Å²) < 4.78 is 13.6. The fourth-order valence-electron chi connectivity index (χ4n) is 0.110. The van der Waals surface area contributed by atoms with Crippen LogP contribution >= 0.6 is 8.25 Å². The summed E-state index contributed by atoms with van der Waals surface area (Å²) in [5, 5.41) is 0. The van der Waals surface area contributed by atoms with Crippen LogP contribution < -0.4 is 29.6 Å². The fraction of sp³-hybridized carbons (Fsp3) is 1.00. The third kappa shape index (κ3) is 10.9. The first-order valence-corrected chi connectivity index (χ1v) is 2.69. The third-order valence-corrected chi connectivity index (χ3v) is 0.719. The van der Waals surface area contributed by atoms with Crippen molar-refractivity contribution in [2.45, 2.75) is 6.92 Å². The molecule has 1 unspecified atom stereocenters. The second-order valence-electron chi connectivity index (χ2n) is 0.656. The molecule has 0 amide bonds. The van der Waals surface area contributed by atoms with Crippen LogP contribution in [0.5, 0.6) is 0 Å². The molecule has 0 rings (SSSR count). The fourth-order valence-corrected chi connectivity index (χ4v) is 0.331. The number of hydrogen-bond acceptors (Lipinski definition) is 2. The zero-order valence-corrected chi connectivity index (χ0v) is 7.31. The summed E-state index contributed by atoms with van der Waals surface area (Å²) in [5.41, 5.74) is 0. The van der Waals surface area contributed by atoms with E-state index < -0.39 is 8.25 Å². The van der Waals surface area contributed by atoms with Crippen LogP contribution in [-0.2, 0) is 9.09 Å². The SMILES string of the molecule is CCO[P+](=O)O.[H-].[Na+]. The summed E-state index contributed by atoms with van der Waals surface area (Å²) in [6.07, 6.45) is 0. The van der Waals surface area contributed by atoms with Crippen molar-refractivity contribution in [3.8, 4) is 0 Å². The quantitative estimate of drug-likeness (QED) is 0.343. The van der Waals surface area contributed by atoms with Gasteiger partial charge in [-0.3, -0.25) is 0 Å². The molecular formula is C2H7NaO3P+. The third-order valence-electron chi connectivity index (χ3n) is 0.240. The topological polar surface area (TPSA) is 46.5 Å². The molecule has 0 aliphatic carbocycles. The first-order valence-electron chi connectivity index (χ1n) is 1.56. The molecule has 7 heavy (non-hydrogen) atoms. The molecule has 38 valence electrons.